The fourth-order valence-corrected chi connectivity index (χ4v) is 5.46. The molecular formula is C16H29N. The van der Waals surface area contributed by atoms with Crippen LogP contribution < -0.4 is 5.32 Å². The van der Waals surface area contributed by atoms with Crippen molar-refractivity contribution in [2.45, 2.75) is 58.9 Å². The van der Waals surface area contributed by atoms with Crippen LogP contribution in [0.2, 0.25) is 0 Å². The van der Waals surface area contributed by atoms with Gasteiger partial charge in [-0.05, 0) is 67.7 Å². The average molecular weight is 235 g/mol. The zero-order chi connectivity index (χ0) is 12.0. The van der Waals surface area contributed by atoms with Crippen LogP contribution in [0.5, 0.6) is 0 Å². The molecule has 0 aromatic rings. The van der Waals surface area contributed by atoms with Crippen LogP contribution in [0, 0.1) is 35.5 Å². The summed E-state index contributed by atoms with van der Waals surface area (Å²) in [5.74, 6) is 6.47. The Balaban J connectivity index is 1.65. The van der Waals surface area contributed by atoms with Gasteiger partial charge in [0.05, 0.1) is 0 Å². The topological polar surface area (TPSA) is 12.0 Å². The van der Waals surface area contributed by atoms with Gasteiger partial charge in [-0.3, -0.25) is 0 Å². The third kappa shape index (κ3) is 1.85. The fourth-order valence-electron chi connectivity index (χ4n) is 5.46. The average Bonchev–Trinajstić information content (AvgIpc) is 2.74. The minimum Gasteiger partial charge on any atom is -0.314 e. The highest BCUT2D eigenvalue weighted by atomic mass is 15.0. The Morgan fingerprint density at radius 1 is 1.12 bits per heavy atom. The number of nitrogens with one attached hydrogen (secondary N) is 1. The molecule has 3 rings (SSSR count). The van der Waals surface area contributed by atoms with E-state index >= 15 is 0 Å². The van der Waals surface area contributed by atoms with Crippen LogP contribution in [0.15, 0.2) is 0 Å². The number of hydrogen-bond acceptors (Lipinski definition) is 1. The van der Waals surface area contributed by atoms with Crippen LogP contribution in [-0.4, -0.2) is 12.6 Å². The summed E-state index contributed by atoms with van der Waals surface area (Å²) in [6.07, 6.45) is 7.46. The maximum atomic E-state index is 3.83. The van der Waals surface area contributed by atoms with Crippen molar-refractivity contribution in [3.63, 3.8) is 0 Å². The summed E-state index contributed by atoms with van der Waals surface area (Å²) in [6, 6.07) is 0.832. The van der Waals surface area contributed by atoms with E-state index in [-0.39, 0.29) is 0 Å². The van der Waals surface area contributed by atoms with Crippen molar-refractivity contribution >= 4 is 0 Å². The summed E-state index contributed by atoms with van der Waals surface area (Å²) in [7, 11) is 0. The largest absolute Gasteiger partial charge is 0.314 e. The van der Waals surface area contributed by atoms with Gasteiger partial charge in [-0.25, -0.2) is 0 Å². The molecule has 3 fully saturated rings. The van der Waals surface area contributed by atoms with Crippen LogP contribution in [0.3, 0.4) is 0 Å². The molecule has 6 unspecified atom stereocenters. The first-order chi connectivity index (χ1) is 8.27. The lowest BCUT2D eigenvalue weighted by Gasteiger charge is -2.27. The van der Waals surface area contributed by atoms with Gasteiger partial charge in [0.2, 0.25) is 0 Å². The van der Waals surface area contributed by atoms with Crippen LogP contribution in [-0.2, 0) is 0 Å². The second-order valence-electron chi connectivity index (χ2n) is 6.91. The van der Waals surface area contributed by atoms with E-state index in [1.807, 2.05) is 0 Å². The molecule has 0 aromatic carbocycles. The van der Waals surface area contributed by atoms with Gasteiger partial charge in [0.25, 0.3) is 0 Å². The van der Waals surface area contributed by atoms with Crippen molar-refractivity contribution in [1.82, 2.24) is 5.32 Å². The lowest BCUT2D eigenvalue weighted by atomic mass is 9.87. The smallest absolute Gasteiger partial charge is 0.0126 e. The third-order valence-corrected chi connectivity index (χ3v) is 6.01. The molecule has 0 radical (unpaired) electrons. The lowest BCUT2D eigenvalue weighted by Crippen LogP contribution is -2.38. The first-order valence-corrected chi connectivity index (χ1v) is 8.01. The van der Waals surface area contributed by atoms with Gasteiger partial charge in [-0.1, -0.05) is 27.2 Å². The number of hydrogen-bond donors (Lipinski definition) is 1. The van der Waals surface area contributed by atoms with E-state index in [1.54, 1.807) is 19.3 Å². The Labute approximate surface area is 107 Å². The van der Waals surface area contributed by atoms with Gasteiger partial charge in [0.15, 0.2) is 0 Å². The van der Waals surface area contributed by atoms with Crippen molar-refractivity contribution in [2.75, 3.05) is 6.54 Å². The molecule has 1 N–H and O–H groups in total. The molecule has 0 amide bonds. The summed E-state index contributed by atoms with van der Waals surface area (Å²) < 4.78 is 0. The molecule has 6 atom stereocenters. The molecule has 0 aliphatic heterocycles. The fraction of sp³-hybridized carbons (Fsp3) is 1.00. The normalized spacial score (nSPS) is 45.7. The van der Waals surface area contributed by atoms with E-state index in [1.165, 1.54) is 12.8 Å². The lowest BCUT2D eigenvalue weighted by molar-refractivity contribution is 0.279. The van der Waals surface area contributed by atoms with Crippen molar-refractivity contribution in [3.05, 3.63) is 0 Å². The molecule has 3 aliphatic carbocycles. The molecule has 1 nitrogen and oxygen atoms in total. The quantitative estimate of drug-likeness (QED) is 0.740. The Hall–Kier alpha value is -0.0400. The SMILES string of the molecule is CCCC(C)C(NCC)C1C2C3CCC(C3)C21. The Morgan fingerprint density at radius 2 is 1.76 bits per heavy atom. The van der Waals surface area contributed by atoms with Crippen molar-refractivity contribution < 1.29 is 0 Å². The molecule has 0 spiro atoms. The van der Waals surface area contributed by atoms with Crippen LogP contribution in [0.4, 0.5) is 0 Å². The molecule has 98 valence electrons. The molecular weight excluding hydrogens is 206 g/mol. The zero-order valence-corrected chi connectivity index (χ0v) is 11.8. The molecule has 17 heavy (non-hydrogen) atoms. The summed E-state index contributed by atoms with van der Waals surface area (Å²) in [6.45, 7) is 8.24. The molecule has 3 saturated carbocycles. The number of fused-ring (bicyclic) bond motifs is 5. The molecule has 1 heteroatoms. The van der Waals surface area contributed by atoms with E-state index < -0.39 is 0 Å². The van der Waals surface area contributed by atoms with Gasteiger partial charge in [0.1, 0.15) is 0 Å². The standard InChI is InChI=1S/C16H29N/c1-4-6-10(3)16(17-5-2)15-13-11-7-8-12(9-11)14(13)15/h10-17H,4-9H2,1-3H3. The highest BCUT2D eigenvalue weighted by Gasteiger charge is 2.66. The van der Waals surface area contributed by atoms with Gasteiger partial charge in [-0.2, -0.15) is 0 Å². The predicted molar refractivity (Wildman–Crippen MR) is 72.8 cm³/mol. The summed E-state index contributed by atoms with van der Waals surface area (Å²) >= 11 is 0. The van der Waals surface area contributed by atoms with E-state index in [4.69, 9.17) is 0 Å². The van der Waals surface area contributed by atoms with E-state index in [0.29, 0.717) is 0 Å². The van der Waals surface area contributed by atoms with Crippen molar-refractivity contribution in [1.29, 1.82) is 0 Å². The van der Waals surface area contributed by atoms with Gasteiger partial charge in [-0.15, -0.1) is 0 Å². The van der Waals surface area contributed by atoms with Crippen molar-refractivity contribution in [2.24, 2.45) is 35.5 Å². The first-order valence-electron chi connectivity index (χ1n) is 8.01. The third-order valence-electron chi connectivity index (χ3n) is 6.01. The second kappa shape index (κ2) is 4.57. The van der Waals surface area contributed by atoms with Crippen LogP contribution in [0.1, 0.15) is 52.9 Å². The second-order valence-corrected chi connectivity index (χ2v) is 6.91. The van der Waals surface area contributed by atoms with E-state index in [9.17, 15) is 0 Å². The Morgan fingerprint density at radius 3 is 2.29 bits per heavy atom. The van der Waals surface area contributed by atoms with Gasteiger partial charge < -0.3 is 5.32 Å². The van der Waals surface area contributed by atoms with E-state index in [2.05, 4.69) is 26.1 Å². The summed E-state index contributed by atoms with van der Waals surface area (Å²) in [4.78, 5) is 0. The molecule has 0 saturated heterocycles. The summed E-state index contributed by atoms with van der Waals surface area (Å²) in [5, 5.41) is 3.83. The summed E-state index contributed by atoms with van der Waals surface area (Å²) in [5.41, 5.74) is 0. The van der Waals surface area contributed by atoms with Gasteiger partial charge in [0, 0.05) is 6.04 Å². The molecule has 3 aliphatic rings. The maximum absolute atomic E-state index is 3.83. The van der Waals surface area contributed by atoms with Crippen LogP contribution in [0.25, 0.3) is 0 Å². The highest BCUT2D eigenvalue weighted by Crippen LogP contribution is 2.70. The monoisotopic (exact) mass is 235 g/mol. The minimum atomic E-state index is 0.832. The number of rotatable bonds is 6. The van der Waals surface area contributed by atoms with Crippen molar-refractivity contribution in [3.8, 4) is 0 Å². The Kier molecular flexibility index (Phi) is 3.23. The van der Waals surface area contributed by atoms with Crippen LogP contribution >= 0.6 is 0 Å². The van der Waals surface area contributed by atoms with Gasteiger partial charge >= 0.3 is 0 Å². The molecule has 0 heterocycles. The zero-order valence-electron chi connectivity index (χ0n) is 11.8. The van der Waals surface area contributed by atoms with E-state index in [0.717, 1.165) is 48.1 Å². The highest BCUT2D eigenvalue weighted by molar-refractivity contribution is 5.16. The molecule has 2 bridgehead atoms. The maximum Gasteiger partial charge on any atom is 0.0126 e. The Bertz CT molecular complexity index is 259. The first kappa shape index (κ1) is 12.0. The minimum absolute atomic E-state index is 0.832. The molecule has 0 aromatic heterocycles. The predicted octanol–water partition coefficient (Wildman–Crippen LogP) is 3.69.